The van der Waals surface area contributed by atoms with Crippen molar-refractivity contribution in [2.45, 2.75) is 38.1 Å². The van der Waals surface area contributed by atoms with Crippen molar-refractivity contribution in [3.63, 3.8) is 0 Å². The molecule has 0 spiro atoms. The zero-order valence-electron chi connectivity index (χ0n) is 8.80. The minimum Gasteiger partial charge on any atom is -0.341 e. The molecule has 3 nitrogen and oxygen atoms in total. The van der Waals surface area contributed by atoms with E-state index in [1.165, 1.54) is 19.3 Å². The van der Waals surface area contributed by atoms with Crippen molar-refractivity contribution < 1.29 is 9.79 Å². The van der Waals surface area contributed by atoms with Gasteiger partial charge in [-0.2, -0.15) is 0 Å². The molecule has 0 aromatic rings. The largest absolute Gasteiger partial charge is 0.341 e. The fraction of sp³-hybridized carbons (Fsp3) is 0.778. The van der Waals surface area contributed by atoms with Crippen molar-refractivity contribution in [2.24, 2.45) is 0 Å². The molecule has 0 saturated heterocycles. The van der Waals surface area contributed by atoms with Crippen molar-refractivity contribution in [3.05, 3.63) is 12.7 Å². The summed E-state index contributed by atoms with van der Waals surface area (Å²) in [7, 11) is -0.621. The quantitative estimate of drug-likeness (QED) is 0.360. The molecule has 0 heterocycles. The van der Waals surface area contributed by atoms with Crippen molar-refractivity contribution >= 4 is 28.2 Å². The van der Waals surface area contributed by atoms with Crippen LogP contribution in [0.1, 0.15) is 32.1 Å². The second kappa shape index (κ2) is 6.48. The van der Waals surface area contributed by atoms with Crippen molar-refractivity contribution in [1.82, 2.24) is 4.72 Å². The molecule has 1 aliphatic carbocycles. The van der Waals surface area contributed by atoms with Crippen LogP contribution < -0.4 is 4.72 Å². The Morgan fingerprint density at radius 1 is 1.40 bits per heavy atom. The van der Waals surface area contributed by atoms with Crippen LogP contribution in [-0.4, -0.2) is 21.6 Å². The fourth-order valence-corrected chi connectivity index (χ4v) is 5.84. The normalized spacial score (nSPS) is 21.3. The van der Waals surface area contributed by atoms with E-state index in [0.717, 1.165) is 12.8 Å². The summed E-state index contributed by atoms with van der Waals surface area (Å²) in [6.07, 6.45) is 7.75. The summed E-state index contributed by atoms with van der Waals surface area (Å²) in [5.74, 6) is 0.584. The SMILES string of the molecule is C=CCS(NC1CCCCC1)=P(O)(O)S. The third-order valence-electron chi connectivity index (χ3n) is 2.48. The van der Waals surface area contributed by atoms with Crippen LogP contribution >= 0.6 is 17.9 Å². The lowest BCUT2D eigenvalue weighted by atomic mass is 9.96. The highest BCUT2D eigenvalue weighted by atomic mass is 32.9. The lowest BCUT2D eigenvalue weighted by molar-refractivity contribution is 0.422. The second-order valence-corrected chi connectivity index (χ2v) is 11.4. The lowest BCUT2D eigenvalue weighted by Crippen LogP contribution is -2.33. The molecule has 1 rings (SSSR count). The maximum Gasteiger partial charge on any atom is 0.212 e. The average Bonchev–Trinajstić information content (AvgIpc) is 2.17. The van der Waals surface area contributed by atoms with E-state index < -0.39 is 16.0 Å². The number of nitrogens with one attached hydrogen (secondary N) is 1. The molecule has 0 amide bonds. The summed E-state index contributed by atoms with van der Waals surface area (Å²) in [4.78, 5) is 19.1. The van der Waals surface area contributed by atoms with Gasteiger partial charge in [0.15, 0.2) is 0 Å². The predicted molar refractivity (Wildman–Crippen MR) is 72.8 cm³/mol. The van der Waals surface area contributed by atoms with Crippen LogP contribution in [0.25, 0.3) is 0 Å². The summed E-state index contributed by atoms with van der Waals surface area (Å²) in [6.45, 7) is 3.64. The summed E-state index contributed by atoms with van der Waals surface area (Å²) in [5.41, 5.74) is -3.07. The molecule has 1 saturated carbocycles. The molecular weight excluding hydrogens is 249 g/mol. The van der Waals surface area contributed by atoms with E-state index in [-0.39, 0.29) is 0 Å². The molecular formula is C9H20NO2PS2. The summed E-state index contributed by atoms with van der Waals surface area (Å²) in [6, 6.07) is 0.424. The van der Waals surface area contributed by atoms with E-state index >= 15 is 0 Å². The minimum atomic E-state index is -3.07. The molecule has 15 heavy (non-hydrogen) atoms. The van der Waals surface area contributed by atoms with Gasteiger partial charge < -0.3 is 9.79 Å². The van der Waals surface area contributed by atoms with Crippen LogP contribution in [0, 0.1) is 0 Å². The zero-order valence-corrected chi connectivity index (χ0v) is 11.4. The molecule has 0 bridgehead atoms. The molecule has 3 N–H and O–H groups in total. The summed E-state index contributed by atoms with van der Waals surface area (Å²) in [5, 5.41) is 0. The minimum absolute atomic E-state index is 0.424. The van der Waals surface area contributed by atoms with Gasteiger partial charge in [-0.1, -0.05) is 47.8 Å². The fourth-order valence-electron chi connectivity index (χ4n) is 1.74. The van der Waals surface area contributed by atoms with Crippen molar-refractivity contribution in [1.29, 1.82) is 0 Å². The number of hydrogen-bond acceptors (Lipinski definition) is 0. The standard InChI is InChI=1S/C9H20NO2PS2/c1-2-8-15(13(11,12)14)10-9-6-4-3-5-7-9/h2,9-12,14H,1,3-8H2. The van der Waals surface area contributed by atoms with Gasteiger partial charge in [0, 0.05) is 11.8 Å². The van der Waals surface area contributed by atoms with Gasteiger partial charge in [0.25, 0.3) is 0 Å². The monoisotopic (exact) mass is 269 g/mol. The first kappa shape index (κ1) is 13.8. The second-order valence-electron chi connectivity index (χ2n) is 3.79. The van der Waals surface area contributed by atoms with Gasteiger partial charge in [0.1, 0.15) is 0 Å². The number of rotatable bonds is 4. The van der Waals surface area contributed by atoms with E-state index in [1.807, 2.05) is 0 Å². The van der Waals surface area contributed by atoms with Crippen molar-refractivity contribution in [3.8, 4) is 0 Å². The van der Waals surface area contributed by atoms with Crippen LogP contribution in [0.15, 0.2) is 12.7 Å². The number of hydrogen-bond donors (Lipinski definition) is 4. The van der Waals surface area contributed by atoms with Gasteiger partial charge in [0.2, 0.25) is 5.69 Å². The Hall–Kier alpha value is 0.750. The average molecular weight is 269 g/mol. The molecule has 0 aromatic carbocycles. The predicted octanol–water partition coefficient (Wildman–Crippen LogP) is 2.22. The Bertz CT molecular complexity index is 263. The van der Waals surface area contributed by atoms with Gasteiger partial charge in [-0.15, -0.1) is 6.58 Å². The Labute approximate surface area is 99.4 Å². The van der Waals surface area contributed by atoms with Gasteiger partial charge in [-0.05, 0) is 12.8 Å². The zero-order chi connectivity index (χ0) is 11.3. The molecule has 6 heteroatoms. The van der Waals surface area contributed by atoms with E-state index in [0.29, 0.717) is 11.8 Å². The third kappa shape index (κ3) is 5.07. The van der Waals surface area contributed by atoms with Gasteiger partial charge in [-0.3, -0.25) is 4.72 Å². The van der Waals surface area contributed by atoms with Crippen LogP contribution in [0.3, 0.4) is 0 Å². The number of thiol groups is 1. The highest BCUT2D eigenvalue weighted by Crippen LogP contribution is 2.46. The Morgan fingerprint density at radius 3 is 2.47 bits per heavy atom. The van der Waals surface area contributed by atoms with Crippen LogP contribution in [0.4, 0.5) is 0 Å². The molecule has 90 valence electrons. The molecule has 1 fully saturated rings. The highest BCUT2D eigenvalue weighted by Gasteiger charge is 2.17. The highest BCUT2D eigenvalue weighted by molar-refractivity contribution is 8.65. The Kier molecular flexibility index (Phi) is 5.96. The van der Waals surface area contributed by atoms with Gasteiger partial charge >= 0.3 is 0 Å². The van der Waals surface area contributed by atoms with Crippen LogP contribution in [0.2, 0.25) is 0 Å². The third-order valence-corrected chi connectivity index (χ3v) is 8.54. The lowest BCUT2D eigenvalue weighted by Gasteiger charge is -2.26. The maximum atomic E-state index is 9.57. The molecule has 1 atom stereocenters. The van der Waals surface area contributed by atoms with Crippen LogP contribution in [-0.2, 0) is 10.3 Å². The smallest absolute Gasteiger partial charge is 0.212 e. The first-order valence-corrected chi connectivity index (χ1v) is 10.0. The topological polar surface area (TPSA) is 52.5 Å². The van der Waals surface area contributed by atoms with Crippen LogP contribution in [0.5, 0.6) is 0 Å². The first-order valence-electron chi connectivity index (χ1n) is 5.20. The van der Waals surface area contributed by atoms with E-state index in [9.17, 15) is 9.79 Å². The Morgan fingerprint density at radius 2 is 2.00 bits per heavy atom. The summed E-state index contributed by atoms with van der Waals surface area (Å²) >= 11 is 3.91. The first-order chi connectivity index (χ1) is 7.04. The molecule has 0 radical (unpaired) electrons. The molecule has 0 aromatic heterocycles. The van der Waals surface area contributed by atoms with E-state index in [2.05, 4.69) is 23.5 Å². The molecule has 0 aliphatic heterocycles. The van der Waals surface area contributed by atoms with E-state index in [4.69, 9.17) is 0 Å². The van der Waals surface area contributed by atoms with Gasteiger partial charge in [0.05, 0.1) is 0 Å². The van der Waals surface area contributed by atoms with Gasteiger partial charge in [-0.25, -0.2) is 0 Å². The van der Waals surface area contributed by atoms with Crippen molar-refractivity contribution in [2.75, 3.05) is 5.75 Å². The Balaban J connectivity index is 2.62. The maximum absolute atomic E-state index is 9.57. The summed E-state index contributed by atoms with van der Waals surface area (Å²) < 4.78 is 3.33. The molecule has 1 aliphatic rings. The van der Waals surface area contributed by atoms with E-state index in [1.54, 1.807) is 6.08 Å². The molecule has 1 unspecified atom stereocenters.